The fourth-order valence-electron chi connectivity index (χ4n) is 8.73. The van der Waals surface area contributed by atoms with Crippen molar-refractivity contribution in [2.75, 3.05) is 13.2 Å². The Balaban J connectivity index is -0.000000286. The van der Waals surface area contributed by atoms with Gasteiger partial charge in [0, 0.05) is 71.8 Å². The number of nitrogens with one attached hydrogen (secondary N) is 6. The van der Waals surface area contributed by atoms with Gasteiger partial charge in [0.25, 0.3) is 17.7 Å². The van der Waals surface area contributed by atoms with E-state index in [1.165, 1.54) is 25.0 Å². The first-order valence-electron chi connectivity index (χ1n) is 41.5. The minimum atomic E-state index is -1.44. The Hall–Kier alpha value is -6.20. The number of nitrogens with zero attached hydrogens (tertiary/aromatic N) is 3. The Bertz CT molecular complexity index is 2670. The molecule has 30 nitrogen and oxygen atoms in total. The molecule has 0 aromatic carbocycles. The number of carbonyl (C=O) groups is 8. The topological polar surface area (TPSA) is 524 Å². The number of azide groups is 1. The van der Waals surface area contributed by atoms with Crippen LogP contribution < -0.4 is 49.1 Å². The molecule has 8 fully saturated rings. The molecule has 0 aromatic heterocycles. The molecule has 6 unspecified atom stereocenters. The van der Waals surface area contributed by atoms with Crippen molar-refractivity contribution in [1.29, 1.82) is 0 Å². The molecular formula is C83H155ClMnN12O18. The molecule has 669 valence electrons. The van der Waals surface area contributed by atoms with Crippen molar-refractivity contribution in [2.24, 2.45) is 28.2 Å². The average Bonchev–Trinajstić information content (AvgIpc) is 1.66. The van der Waals surface area contributed by atoms with Crippen molar-refractivity contribution in [2.45, 2.75) is 399 Å². The summed E-state index contributed by atoms with van der Waals surface area (Å²) in [5, 5.41) is 82.7. The van der Waals surface area contributed by atoms with Gasteiger partial charge in [-0.25, -0.2) is 4.79 Å². The third kappa shape index (κ3) is 82.7. The van der Waals surface area contributed by atoms with Crippen molar-refractivity contribution in [3.8, 4) is 11.8 Å². The second-order valence-corrected chi connectivity index (χ2v) is 29.0. The molecule has 1 heterocycles. The first kappa shape index (κ1) is 120. The minimum absolute atomic E-state index is 0. The SMILES string of the molecule is C.CCC/C=C/C(=O)NC1CC1.CCC/C=C/C(=O)O.CCC/C=C/C=O.CCC/C=C/CO.CCCC#CCO.CCCC(N)C(O)C(=O)NC1CC1.CCCC(N=[N+]=[N-])C(O)C(=O)NC1CC1.CCCC1OC1C(=O)NC1CC1.CCC[C@H](C)[C@H](O)C(=O)NC1CC1.CCC[C@H](N)[C@H](O)C(=O)NC1CC1.Cl.NC1CC1.[O]=[Mn]=[O]. The fourth-order valence-corrected chi connectivity index (χ4v) is 8.73. The van der Waals surface area contributed by atoms with Gasteiger partial charge in [-0.1, -0.05) is 183 Å². The number of halogens is 1. The van der Waals surface area contributed by atoms with Gasteiger partial charge in [-0.2, -0.15) is 0 Å². The zero-order valence-electron chi connectivity index (χ0n) is 70.4. The molecule has 115 heavy (non-hydrogen) atoms. The van der Waals surface area contributed by atoms with Crippen LogP contribution in [0.3, 0.4) is 0 Å². The Morgan fingerprint density at radius 1 is 0.522 bits per heavy atom. The van der Waals surface area contributed by atoms with Gasteiger partial charge in [0.2, 0.25) is 17.7 Å². The molecule has 8 aliphatic rings. The van der Waals surface area contributed by atoms with Crippen LogP contribution in [0.2, 0.25) is 0 Å². The van der Waals surface area contributed by atoms with Crippen LogP contribution in [0.1, 0.15) is 302 Å². The summed E-state index contributed by atoms with van der Waals surface area (Å²) in [6.45, 7) is 22.5. The van der Waals surface area contributed by atoms with Gasteiger partial charge in [0.1, 0.15) is 37.3 Å². The molecule has 32 heteroatoms. The summed E-state index contributed by atoms with van der Waals surface area (Å²) in [5.74, 6) is 3.48. The van der Waals surface area contributed by atoms with Crippen molar-refractivity contribution in [3.63, 3.8) is 0 Å². The number of hydrogen-bond donors (Lipinski definition) is 16. The molecule has 7 aliphatic carbocycles. The van der Waals surface area contributed by atoms with Crippen LogP contribution in [-0.2, 0) is 65.6 Å². The number of aliphatic carboxylic acids is 1. The van der Waals surface area contributed by atoms with Crippen molar-refractivity contribution >= 4 is 60.1 Å². The van der Waals surface area contributed by atoms with Crippen LogP contribution in [0, 0.1) is 17.8 Å². The molecule has 0 bridgehead atoms. The Kier molecular flexibility index (Phi) is 84.8. The van der Waals surface area contributed by atoms with E-state index in [4.69, 9.17) is 50.5 Å². The maximum atomic E-state index is 11.4. The fraction of sp³-hybridized carbons (Fsp3) is 0.783. The number of allylic oxidation sites excluding steroid dienone is 5. The molecule has 19 N–H and O–H groups in total. The zero-order chi connectivity index (χ0) is 86.2. The third-order valence-corrected chi connectivity index (χ3v) is 16.6. The predicted octanol–water partition coefficient (Wildman–Crippen LogP) is 10.1. The zero-order valence-corrected chi connectivity index (χ0v) is 72.4. The van der Waals surface area contributed by atoms with Crippen molar-refractivity contribution < 1.29 is 101 Å². The maximum absolute atomic E-state index is 11.4. The number of aldehydes is 1. The van der Waals surface area contributed by atoms with Gasteiger partial charge in [0.05, 0.1) is 18.8 Å². The number of aliphatic hydroxyl groups is 6. The first-order chi connectivity index (χ1) is 54.1. The molecule has 7 saturated carbocycles. The molecule has 0 aromatic rings. The number of amides is 6. The van der Waals surface area contributed by atoms with Crippen LogP contribution in [-0.4, -0.2) is 194 Å². The normalized spacial score (nSPS) is 18.0. The second-order valence-electron chi connectivity index (χ2n) is 28.8. The Labute approximate surface area is 701 Å². The Morgan fingerprint density at radius 2 is 0.896 bits per heavy atom. The van der Waals surface area contributed by atoms with Gasteiger partial charge in [-0.3, -0.25) is 33.6 Å². The van der Waals surface area contributed by atoms with E-state index < -0.39 is 69.2 Å². The number of carboxylic acid groups (broad SMARTS) is 1. The van der Waals surface area contributed by atoms with Crippen LogP contribution in [0.5, 0.6) is 0 Å². The van der Waals surface area contributed by atoms with E-state index in [1.807, 2.05) is 52.8 Å². The van der Waals surface area contributed by atoms with Gasteiger partial charge < -0.3 is 89.6 Å². The monoisotopic (exact) mass is 1700 g/mol. The van der Waals surface area contributed by atoms with Crippen LogP contribution in [0.15, 0.2) is 53.7 Å². The number of unbranched alkanes of at least 4 members (excludes halogenated alkanes) is 5. The molecule has 1 saturated heterocycles. The van der Waals surface area contributed by atoms with Crippen LogP contribution in [0.25, 0.3) is 10.4 Å². The Morgan fingerprint density at radius 3 is 1.23 bits per heavy atom. The van der Waals surface area contributed by atoms with E-state index in [-0.39, 0.29) is 98.8 Å². The molecule has 10 atom stereocenters. The molecule has 1 aliphatic heterocycles. The molecule has 0 spiro atoms. The van der Waals surface area contributed by atoms with Gasteiger partial charge in [-0.15, -0.1) is 18.3 Å². The van der Waals surface area contributed by atoms with Gasteiger partial charge in [-0.05, 0) is 178 Å². The van der Waals surface area contributed by atoms with E-state index in [2.05, 4.69) is 95.3 Å². The number of ether oxygens (including phenoxy) is 1. The second kappa shape index (κ2) is 81.5. The summed E-state index contributed by atoms with van der Waals surface area (Å²) in [4.78, 5) is 89.6. The van der Waals surface area contributed by atoms with Gasteiger partial charge >= 0.3 is 28.5 Å². The van der Waals surface area contributed by atoms with E-state index in [1.54, 1.807) is 18.2 Å². The van der Waals surface area contributed by atoms with Crippen molar-refractivity contribution in [1.82, 2.24) is 31.9 Å². The summed E-state index contributed by atoms with van der Waals surface area (Å²) in [7, 11) is 0. The van der Waals surface area contributed by atoms with Crippen molar-refractivity contribution in [3.05, 3.63) is 59.1 Å². The predicted molar refractivity (Wildman–Crippen MR) is 452 cm³/mol. The van der Waals surface area contributed by atoms with E-state index in [0.717, 1.165) is 192 Å². The summed E-state index contributed by atoms with van der Waals surface area (Å²) < 4.78 is 22.0. The standard InChI is InChI=1S/C10H19NO2.C9H16N4O2.2C9H18N2O2.C9H15NO2.C9H15NO.C6H10O2.C6H12O.2C6H10O.C3H7N.CH4.ClH.Mn.2O/c1-3-4-7(2)9(12)10(13)11-8-5-6-8;1-2-3-7(12-13-10)8(14)9(15)11-6-4-5-6;2*1-2-3-7(10)8(12)9(13)11-6-4-5-6;1-2-3-7-8(12-7)9(11)10-6-4-5-6;1-2-3-4-5-9(11)10-8-6-7-8;1-2-3-4-5-6(7)8;3*1-2-3-4-5-6-7;4-3-1-2-3;;;;;/h7-9,12H,3-6H2,1-2H3,(H,11,13);6-8,14H,2-5H2,1H3,(H,11,15);2*6-8,12H,2-5,10H2,1H3,(H,11,13);6-8H,2-5H2,1H3,(H,10,11);4-5,8H,2-3,6-7H2,1H3,(H,10,11);4-5H,2-3H2,1H3,(H,7,8);4-5,7H,2-3,6H2,1H3;7H,2-3,6H2,1H3;4-6H,2-3H2,1H3;3H,1-2,4H2;1H4;1H;;;/b;;;;;3*5-4+;;5-4+;;;;;;/t7-,9-;;7-,8-;;;;;;;;;;;;;/m0.0............./s1. The number of epoxide rings is 1. The summed E-state index contributed by atoms with van der Waals surface area (Å²) >= 11 is -1.44. The average molecular weight is 1700 g/mol. The molecular weight excluding hydrogens is 1540 g/mol. The number of aliphatic hydroxyl groups excluding tert-OH is 6. The number of hydrogen-bond acceptors (Lipinski definition) is 21. The number of nitrogens with two attached hydrogens (primary N) is 3. The van der Waals surface area contributed by atoms with E-state index >= 15 is 0 Å². The van der Waals surface area contributed by atoms with Crippen LogP contribution >= 0.6 is 12.4 Å². The molecule has 8 rings (SSSR count). The van der Waals surface area contributed by atoms with E-state index in [9.17, 15) is 58.8 Å². The molecule has 6 amide bonds. The molecule has 0 radical (unpaired) electrons. The number of carbonyl (C=O) groups excluding carboxylic acids is 7. The number of carboxylic acids is 1. The van der Waals surface area contributed by atoms with E-state index in [0.29, 0.717) is 43.4 Å². The summed E-state index contributed by atoms with van der Waals surface area (Å²) in [6, 6.07) is 1.15. The summed E-state index contributed by atoms with van der Waals surface area (Å²) in [5.41, 5.74) is 24.8. The number of rotatable bonds is 39. The first-order valence-corrected chi connectivity index (χ1v) is 42.4. The van der Waals surface area contributed by atoms with Crippen LogP contribution in [0.4, 0.5) is 0 Å². The van der Waals surface area contributed by atoms with Gasteiger partial charge in [0.15, 0.2) is 6.10 Å². The summed E-state index contributed by atoms with van der Waals surface area (Å²) in [6.07, 6.45) is 44.4. The quantitative estimate of drug-likeness (QED) is 0.00313. The third-order valence-electron chi connectivity index (χ3n) is 16.6.